The molecule has 0 amide bonds. The van der Waals surface area contributed by atoms with Crippen LogP contribution in [0.25, 0.3) is 0 Å². The van der Waals surface area contributed by atoms with Gasteiger partial charge >= 0.3 is 0 Å². The van der Waals surface area contributed by atoms with E-state index in [1.54, 1.807) is 11.8 Å². The summed E-state index contributed by atoms with van der Waals surface area (Å²) in [5.41, 5.74) is 2.84. The monoisotopic (exact) mass is 312 g/mol. The maximum absolute atomic E-state index is 5.52. The molecule has 0 fully saturated rings. The van der Waals surface area contributed by atoms with Crippen LogP contribution in [-0.4, -0.2) is 11.8 Å². The lowest BCUT2D eigenvalue weighted by Gasteiger charge is -2.14. The van der Waals surface area contributed by atoms with Crippen LogP contribution in [0.2, 0.25) is 0 Å². The van der Waals surface area contributed by atoms with Gasteiger partial charge in [-0.25, -0.2) is 0 Å². The molecule has 0 spiro atoms. The summed E-state index contributed by atoms with van der Waals surface area (Å²) in [6.07, 6.45) is 8.08. The minimum absolute atomic E-state index is 0.317. The normalized spacial score (nSPS) is 12.1. The summed E-state index contributed by atoms with van der Waals surface area (Å²) in [5, 5.41) is 0. The van der Waals surface area contributed by atoms with Crippen LogP contribution in [0.3, 0.4) is 0 Å². The Kier molecular flexibility index (Phi) is 7.38. The number of thioether (sulfide) groups is 1. The standard InChI is InChI=1S/C13H17BrN2S/c1-2-3-4-5-12(16-15)10-17-13-8-6-11(14)7-9-13/h1,6-9,12,16H,3-5,10,15H2. The summed E-state index contributed by atoms with van der Waals surface area (Å²) in [6.45, 7) is 0. The van der Waals surface area contributed by atoms with Crippen LogP contribution in [0.4, 0.5) is 0 Å². The predicted molar refractivity (Wildman–Crippen MR) is 78.7 cm³/mol. The summed E-state index contributed by atoms with van der Waals surface area (Å²) in [7, 11) is 0. The molecule has 0 aliphatic heterocycles. The van der Waals surface area contributed by atoms with E-state index in [0.717, 1.165) is 29.5 Å². The van der Waals surface area contributed by atoms with Crippen LogP contribution in [0.15, 0.2) is 33.6 Å². The fourth-order valence-corrected chi connectivity index (χ4v) is 2.64. The fraction of sp³-hybridized carbons (Fsp3) is 0.385. The molecule has 4 heteroatoms. The second-order valence-corrected chi connectivity index (χ2v) is 5.73. The summed E-state index contributed by atoms with van der Waals surface area (Å²) < 4.78 is 1.10. The number of nitrogens with two attached hydrogens (primary N) is 1. The topological polar surface area (TPSA) is 38.0 Å². The minimum Gasteiger partial charge on any atom is -0.271 e. The molecule has 0 radical (unpaired) electrons. The number of hydrogen-bond donors (Lipinski definition) is 2. The van der Waals surface area contributed by atoms with Gasteiger partial charge in [0.2, 0.25) is 0 Å². The van der Waals surface area contributed by atoms with E-state index in [1.807, 2.05) is 12.1 Å². The van der Waals surface area contributed by atoms with Crippen LogP contribution in [0.1, 0.15) is 19.3 Å². The van der Waals surface area contributed by atoms with Crippen LogP contribution in [0, 0.1) is 12.3 Å². The van der Waals surface area contributed by atoms with Gasteiger partial charge in [-0.2, -0.15) is 0 Å². The van der Waals surface area contributed by atoms with E-state index in [2.05, 4.69) is 39.4 Å². The summed E-state index contributed by atoms with van der Waals surface area (Å²) >= 11 is 5.23. The quantitative estimate of drug-likeness (QED) is 0.267. The molecule has 1 rings (SSSR count). The molecule has 0 heterocycles. The SMILES string of the molecule is C#CCCCC(CSc1ccc(Br)cc1)NN. The van der Waals surface area contributed by atoms with E-state index in [1.165, 1.54) is 4.90 Å². The molecule has 0 aliphatic carbocycles. The lowest BCUT2D eigenvalue weighted by molar-refractivity contribution is 0.524. The largest absolute Gasteiger partial charge is 0.271 e. The highest BCUT2D eigenvalue weighted by Crippen LogP contribution is 2.22. The molecule has 0 aliphatic rings. The molecule has 17 heavy (non-hydrogen) atoms. The van der Waals surface area contributed by atoms with E-state index < -0.39 is 0 Å². The van der Waals surface area contributed by atoms with Crippen molar-refractivity contribution < 1.29 is 0 Å². The van der Waals surface area contributed by atoms with Gasteiger partial charge < -0.3 is 0 Å². The van der Waals surface area contributed by atoms with Gasteiger partial charge in [0.15, 0.2) is 0 Å². The Balaban J connectivity index is 2.32. The number of benzene rings is 1. The van der Waals surface area contributed by atoms with E-state index in [9.17, 15) is 0 Å². The maximum atomic E-state index is 5.52. The number of halogens is 1. The van der Waals surface area contributed by atoms with Gasteiger partial charge in [0, 0.05) is 27.6 Å². The fourth-order valence-electron chi connectivity index (χ4n) is 1.39. The van der Waals surface area contributed by atoms with Crippen molar-refractivity contribution in [3.8, 4) is 12.3 Å². The van der Waals surface area contributed by atoms with Crippen molar-refractivity contribution in [2.45, 2.75) is 30.2 Å². The number of hydrazine groups is 1. The van der Waals surface area contributed by atoms with Gasteiger partial charge in [-0.3, -0.25) is 11.3 Å². The minimum atomic E-state index is 0.317. The van der Waals surface area contributed by atoms with Crippen molar-refractivity contribution in [1.29, 1.82) is 0 Å². The van der Waals surface area contributed by atoms with Gasteiger partial charge in [0.25, 0.3) is 0 Å². The molecule has 1 aromatic carbocycles. The number of rotatable bonds is 7. The number of nitrogens with one attached hydrogen (secondary N) is 1. The molecule has 0 saturated carbocycles. The van der Waals surface area contributed by atoms with Gasteiger partial charge in [0.05, 0.1) is 0 Å². The molecular formula is C13H17BrN2S. The molecule has 3 N–H and O–H groups in total. The number of terminal acetylenes is 1. The number of hydrogen-bond acceptors (Lipinski definition) is 3. The highest BCUT2D eigenvalue weighted by molar-refractivity contribution is 9.10. The smallest absolute Gasteiger partial charge is 0.0304 e. The van der Waals surface area contributed by atoms with Crippen LogP contribution in [0.5, 0.6) is 0 Å². The zero-order valence-corrected chi connectivity index (χ0v) is 12.1. The summed E-state index contributed by atoms with van der Waals surface area (Å²) in [5.74, 6) is 9.13. The van der Waals surface area contributed by atoms with Gasteiger partial charge in [0.1, 0.15) is 0 Å². The van der Waals surface area contributed by atoms with Crippen molar-refractivity contribution in [2.24, 2.45) is 5.84 Å². The zero-order chi connectivity index (χ0) is 12.5. The van der Waals surface area contributed by atoms with E-state index in [-0.39, 0.29) is 0 Å². The first-order valence-corrected chi connectivity index (χ1v) is 7.32. The molecule has 1 unspecified atom stereocenters. The molecule has 92 valence electrons. The molecule has 1 aromatic rings. The molecule has 2 nitrogen and oxygen atoms in total. The third-order valence-corrected chi connectivity index (χ3v) is 4.08. The summed E-state index contributed by atoms with van der Waals surface area (Å²) in [4.78, 5) is 1.25. The van der Waals surface area contributed by atoms with Crippen molar-refractivity contribution in [2.75, 3.05) is 5.75 Å². The van der Waals surface area contributed by atoms with Gasteiger partial charge in [-0.1, -0.05) is 15.9 Å². The first-order valence-electron chi connectivity index (χ1n) is 5.54. The Labute approximate surface area is 116 Å². The predicted octanol–water partition coefficient (Wildman–Crippen LogP) is 3.18. The van der Waals surface area contributed by atoms with Crippen molar-refractivity contribution in [3.05, 3.63) is 28.7 Å². The number of unbranched alkanes of at least 4 members (excludes halogenated alkanes) is 1. The summed E-state index contributed by atoms with van der Waals surface area (Å²) in [6, 6.07) is 8.61. The van der Waals surface area contributed by atoms with Crippen LogP contribution in [-0.2, 0) is 0 Å². The Morgan fingerprint density at radius 3 is 2.71 bits per heavy atom. The van der Waals surface area contributed by atoms with Crippen molar-refractivity contribution in [1.82, 2.24) is 5.43 Å². The van der Waals surface area contributed by atoms with Gasteiger partial charge in [-0.15, -0.1) is 24.1 Å². The highest BCUT2D eigenvalue weighted by atomic mass is 79.9. The average Bonchev–Trinajstić information content (AvgIpc) is 2.35. The Morgan fingerprint density at radius 1 is 1.41 bits per heavy atom. The second kappa shape index (κ2) is 8.60. The third kappa shape index (κ3) is 6.13. The molecule has 1 atom stereocenters. The van der Waals surface area contributed by atoms with E-state index >= 15 is 0 Å². The Hall–Kier alpha value is -0.470. The first kappa shape index (κ1) is 14.6. The third-order valence-electron chi connectivity index (χ3n) is 2.37. The second-order valence-electron chi connectivity index (χ2n) is 3.72. The molecule has 0 bridgehead atoms. The van der Waals surface area contributed by atoms with E-state index in [0.29, 0.717) is 6.04 Å². The zero-order valence-electron chi connectivity index (χ0n) is 9.66. The lowest BCUT2D eigenvalue weighted by Crippen LogP contribution is -2.36. The van der Waals surface area contributed by atoms with E-state index in [4.69, 9.17) is 12.3 Å². The highest BCUT2D eigenvalue weighted by Gasteiger charge is 2.06. The molecular weight excluding hydrogens is 296 g/mol. The average molecular weight is 313 g/mol. The van der Waals surface area contributed by atoms with Crippen LogP contribution >= 0.6 is 27.7 Å². The maximum Gasteiger partial charge on any atom is 0.0304 e. The molecule has 0 saturated heterocycles. The van der Waals surface area contributed by atoms with Crippen molar-refractivity contribution >= 4 is 27.7 Å². The van der Waals surface area contributed by atoms with Crippen molar-refractivity contribution in [3.63, 3.8) is 0 Å². The first-order chi connectivity index (χ1) is 8.26. The Morgan fingerprint density at radius 2 is 2.12 bits per heavy atom. The lowest BCUT2D eigenvalue weighted by atomic mass is 10.1. The van der Waals surface area contributed by atoms with Crippen LogP contribution < -0.4 is 11.3 Å². The van der Waals surface area contributed by atoms with Gasteiger partial charge in [-0.05, 0) is 37.1 Å². The Bertz CT molecular complexity index is 359. The molecule has 0 aromatic heterocycles.